The first-order valence-corrected chi connectivity index (χ1v) is 7.77. The molecule has 0 atom stereocenters. The number of halogens is 3. The average Bonchev–Trinajstić information content (AvgIpc) is 2.66. The summed E-state index contributed by atoms with van der Waals surface area (Å²) in [7, 11) is 1.04. The van der Waals surface area contributed by atoms with Gasteiger partial charge in [0, 0.05) is 11.3 Å². The van der Waals surface area contributed by atoms with Crippen LogP contribution in [0.1, 0.15) is 21.5 Å². The van der Waals surface area contributed by atoms with Crippen LogP contribution in [0.3, 0.4) is 0 Å². The molecule has 11 heteroatoms. The zero-order valence-corrected chi connectivity index (χ0v) is 14.8. The molecule has 0 aliphatic carbocycles. The number of aldehydes is 1. The molecule has 0 unspecified atom stereocenters. The van der Waals surface area contributed by atoms with E-state index >= 15 is 0 Å². The van der Waals surface area contributed by atoms with Gasteiger partial charge in [0.05, 0.1) is 18.2 Å². The van der Waals surface area contributed by atoms with E-state index in [1.165, 1.54) is 0 Å². The van der Waals surface area contributed by atoms with Gasteiger partial charge in [-0.3, -0.25) is 20.3 Å². The number of nitrogens with one attached hydrogen (secondary N) is 2. The molecule has 0 aromatic heterocycles. The lowest BCUT2D eigenvalue weighted by atomic mass is 9.91. The summed E-state index contributed by atoms with van der Waals surface area (Å²) in [5.41, 5.74) is 1.35. The Bertz CT molecular complexity index is 1020. The summed E-state index contributed by atoms with van der Waals surface area (Å²) in [4.78, 5) is 33.9. The highest BCUT2D eigenvalue weighted by Crippen LogP contribution is 2.41. The third-order valence-corrected chi connectivity index (χ3v) is 3.86. The third kappa shape index (κ3) is 4.51. The standard InChI is InChI=1S/C18H14F3N3O5/c1-29-17(28)24-8-2-3-9(13(4-8)18(19,20)21)10-5-12(14(22)7-25)15(26)6-11(10)16(23)27/h2-7,22,26H,1H3,(H2,23,27)(H,24,28). The Hall–Kier alpha value is -3.89. The molecule has 2 rings (SSSR count). The van der Waals surface area contributed by atoms with Gasteiger partial charge in [-0.15, -0.1) is 0 Å². The molecule has 2 aromatic rings. The summed E-state index contributed by atoms with van der Waals surface area (Å²) < 4.78 is 45.3. The Kier molecular flexibility index (Phi) is 5.91. The highest BCUT2D eigenvalue weighted by Gasteiger charge is 2.35. The highest BCUT2D eigenvalue weighted by molar-refractivity contribution is 6.35. The number of ether oxygens (including phenoxy) is 1. The van der Waals surface area contributed by atoms with Crippen LogP contribution in [0.25, 0.3) is 11.1 Å². The molecule has 0 saturated carbocycles. The summed E-state index contributed by atoms with van der Waals surface area (Å²) in [6, 6.07) is 4.40. The zero-order valence-electron chi connectivity index (χ0n) is 14.8. The summed E-state index contributed by atoms with van der Waals surface area (Å²) in [5.74, 6) is -1.80. The van der Waals surface area contributed by atoms with Crippen LogP contribution in [0.5, 0.6) is 5.75 Å². The quantitative estimate of drug-likeness (QED) is 0.444. The maximum absolute atomic E-state index is 13.7. The van der Waals surface area contributed by atoms with E-state index in [0.29, 0.717) is 6.07 Å². The van der Waals surface area contributed by atoms with E-state index in [1.54, 1.807) is 0 Å². The van der Waals surface area contributed by atoms with Gasteiger partial charge in [-0.2, -0.15) is 13.2 Å². The van der Waals surface area contributed by atoms with Crippen molar-refractivity contribution >= 4 is 29.7 Å². The Labute approximate surface area is 161 Å². The zero-order chi connectivity index (χ0) is 21.9. The van der Waals surface area contributed by atoms with Crippen molar-refractivity contribution in [1.29, 1.82) is 5.41 Å². The minimum atomic E-state index is -4.91. The summed E-state index contributed by atoms with van der Waals surface area (Å²) >= 11 is 0. The van der Waals surface area contributed by atoms with Crippen LogP contribution in [0.15, 0.2) is 30.3 Å². The Morgan fingerprint density at radius 1 is 1.17 bits per heavy atom. The maximum atomic E-state index is 13.7. The molecular formula is C18H14F3N3O5. The molecule has 8 nitrogen and oxygen atoms in total. The largest absolute Gasteiger partial charge is 0.507 e. The molecular weight excluding hydrogens is 395 g/mol. The van der Waals surface area contributed by atoms with Crippen LogP contribution in [-0.4, -0.2) is 36.2 Å². The minimum Gasteiger partial charge on any atom is -0.507 e. The van der Waals surface area contributed by atoms with E-state index in [2.05, 4.69) is 10.1 Å². The van der Waals surface area contributed by atoms with Gasteiger partial charge in [-0.25, -0.2) is 4.79 Å². The first kappa shape index (κ1) is 21.4. The molecule has 5 N–H and O–H groups in total. The minimum absolute atomic E-state index is 0.0802. The number of phenols is 1. The van der Waals surface area contributed by atoms with Gasteiger partial charge in [0.1, 0.15) is 11.5 Å². The molecule has 2 aromatic carbocycles. The van der Waals surface area contributed by atoms with Crippen LogP contribution >= 0.6 is 0 Å². The van der Waals surface area contributed by atoms with E-state index in [-0.39, 0.29) is 23.1 Å². The molecule has 0 heterocycles. The van der Waals surface area contributed by atoms with Gasteiger partial charge < -0.3 is 15.6 Å². The number of carbonyl (C=O) groups is 3. The van der Waals surface area contributed by atoms with Crippen LogP contribution in [0.4, 0.5) is 23.7 Å². The van der Waals surface area contributed by atoms with Crippen molar-refractivity contribution in [2.75, 3.05) is 12.4 Å². The maximum Gasteiger partial charge on any atom is 0.417 e. The number of methoxy groups -OCH3 is 1. The lowest BCUT2D eigenvalue weighted by Crippen LogP contribution is -2.16. The molecule has 0 bridgehead atoms. The lowest BCUT2D eigenvalue weighted by Gasteiger charge is -2.18. The second kappa shape index (κ2) is 8.00. The smallest absolute Gasteiger partial charge is 0.417 e. The molecule has 152 valence electrons. The number of alkyl halides is 3. The fourth-order valence-corrected chi connectivity index (χ4v) is 2.55. The van der Waals surface area contributed by atoms with E-state index in [4.69, 9.17) is 11.1 Å². The van der Waals surface area contributed by atoms with E-state index in [0.717, 1.165) is 31.4 Å². The number of amides is 2. The molecule has 0 aliphatic rings. The molecule has 0 aliphatic heterocycles. The number of primary amides is 1. The predicted octanol–water partition coefficient (Wildman–Crippen LogP) is 2.92. The second-order valence-corrected chi connectivity index (χ2v) is 5.69. The average molecular weight is 409 g/mol. The number of hydrogen-bond acceptors (Lipinski definition) is 6. The molecule has 2 amide bonds. The number of benzene rings is 2. The number of anilines is 1. The Balaban J connectivity index is 2.81. The van der Waals surface area contributed by atoms with Crippen LogP contribution in [0.2, 0.25) is 0 Å². The number of nitrogens with two attached hydrogens (primary N) is 1. The fraction of sp³-hybridized carbons (Fsp3) is 0.111. The SMILES string of the molecule is COC(=O)Nc1ccc(-c2cc(C(=N)C=O)c(O)cc2C(N)=O)c(C(F)(F)F)c1. The summed E-state index contributed by atoms with van der Waals surface area (Å²) in [6.45, 7) is 0. The molecule has 0 spiro atoms. The molecule has 29 heavy (non-hydrogen) atoms. The number of rotatable bonds is 5. The van der Waals surface area contributed by atoms with Crippen LogP contribution < -0.4 is 11.1 Å². The molecule has 0 saturated heterocycles. The van der Waals surface area contributed by atoms with Crippen LogP contribution in [0, 0.1) is 5.41 Å². The van der Waals surface area contributed by atoms with Crippen molar-refractivity contribution in [3.63, 3.8) is 0 Å². The predicted molar refractivity (Wildman–Crippen MR) is 96.0 cm³/mol. The van der Waals surface area contributed by atoms with E-state index < -0.39 is 46.3 Å². The van der Waals surface area contributed by atoms with E-state index in [1.807, 2.05) is 0 Å². The van der Waals surface area contributed by atoms with Gasteiger partial charge in [0.15, 0.2) is 6.29 Å². The monoisotopic (exact) mass is 409 g/mol. The van der Waals surface area contributed by atoms with E-state index in [9.17, 15) is 32.7 Å². The van der Waals surface area contributed by atoms with Crippen molar-refractivity contribution in [2.45, 2.75) is 6.18 Å². The van der Waals surface area contributed by atoms with Crippen molar-refractivity contribution < 1.29 is 37.4 Å². The van der Waals surface area contributed by atoms with Gasteiger partial charge in [0.2, 0.25) is 5.91 Å². The van der Waals surface area contributed by atoms with Gasteiger partial charge in [-0.05, 0) is 35.4 Å². The van der Waals surface area contributed by atoms with Gasteiger partial charge in [-0.1, -0.05) is 6.07 Å². The molecule has 0 fully saturated rings. The van der Waals surface area contributed by atoms with Crippen molar-refractivity contribution in [3.8, 4) is 16.9 Å². The van der Waals surface area contributed by atoms with Crippen molar-refractivity contribution in [1.82, 2.24) is 0 Å². The lowest BCUT2D eigenvalue weighted by molar-refractivity contribution is -0.137. The number of phenolic OH excluding ortho intramolecular Hbond substituents is 1. The highest BCUT2D eigenvalue weighted by atomic mass is 19.4. The Morgan fingerprint density at radius 2 is 1.83 bits per heavy atom. The number of hydrogen-bond donors (Lipinski definition) is 4. The Morgan fingerprint density at radius 3 is 2.34 bits per heavy atom. The fourth-order valence-electron chi connectivity index (χ4n) is 2.55. The normalized spacial score (nSPS) is 10.9. The first-order chi connectivity index (χ1) is 13.5. The topological polar surface area (TPSA) is 143 Å². The third-order valence-electron chi connectivity index (χ3n) is 3.86. The summed E-state index contributed by atoms with van der Waals surface area (Å²) in [6.07, 6.45) is -5.82. The summed E-state index contributed by atoms with van der Waals surface area (Å²) in [5, 5.41) is 19.6. The van der Waals surface area contributed by atoms with Gasteiger partial charge in [0.25, 0.3) is 0 Å². The van der Waals surface area contributed by atoms with Gasteiger partial charge >= 0.3 is 12.3 Å². The second-order valence-electron chi connectivity index (χ2n) is 5.69. The number of aromatic hydroxyl groups is 1. The number of carbonyl (C=O) groups excluding carboxylic acids is 3. The van der Waals surface area contributed by atoms with Crippen molar-refractivity contribution in [2.24, 2.45) is 5.73 Å². The van der Waals surface area contributed by atoms with Crippen molar-refractivity contribution in [3.05, 3.63) is 47.0 Å². The van der Waals surface area contributed by atoms with Crippen LogP contribution in [-0.2, 0) is 15.7 Å². The molecule has 0 radical (unpaired) electrons. The first-order valence-electron chi connectivity index (χ1n) is 7.77.